The molecular formula is C9H17NO. The Morgan fingerprint density at radius 1 is 1.27 bits per heavy atom. The molecule has 0 saturated carbocycles. The van der Waals surface area contributed by atoms with Crippen LogP contribution in [0.25, 0.3) is 0 Å². The van der Waals surface area contributed by atoms with E-state index in [0.717, 1.165) is 6.42 Å². The molecule has 0 aliphatic heterocycles. The fourth-order valence-corrected chi connectivity index (χ4v) is 0.893. The van der Waals surface area contributed by atoms with Crippen molar-refractivity contribution < 1.29 is 5.16 Å². The minimum atomic E-state index is 1.08. The number of unbranched alkanes of at least 4 members (excludes halogenated alkanes) is 4. The van der Waals surface area contributed by atoms with Crippen molar-refractivity contribution in [3.63, 3.8) is 0 Å². The van der Waals surface area contributed by atoms with E-state index in [1.54, 1.807) is 11.2 Å². The Hall–Kier alpha value is -0.790. The summed E-state index contributed by atoms with van der Waals surface area (Å²) in [5.74, 6) is 0. The highest BCUT2D eigenvalue weighted by atomic mass is 16.4. The molecule has 0 fully saturated rings. The summed E-state index contributed by atoms with van der Waals surface area (Å²) in [7, 11) is 0. The van der Waals surface area contributed by atoms with Crippen molar-refractivity contribution >= 4 is 6.21 Å². The predicted molar refractivity (Wildman–Crippen MR) is 48.3 cm³/mol. The molecule has 0 aliphatic rings. The normalized spacial score (nSPS) is 11.7. The third kappa shape index (κ3) is 9.21. The summed E-state index contributed by atoms with van der Waals surface area (Å²) in [4.78, 5) is 0. The van der Waals surface area contributed by atoms with Crippen LogP contribution in [0, 0.1) is 5.21 Å². The molecule has 0 unspecified atom stereocenters. The van der Waals surface area contributed by atoms with Crippen LogP contribution in [-0.2, 0) is 0 Å². The topological polar surface area (TPSA) is 37.0 Å². The van der Waals surface area contributed by atoms with Crippen LogP contribution in [0.3, 0.4) is 0 Å². The zero-order valence-corrected chi connectivity index (χ0v) is 7.18. The van der Waals surface area contributed by atoms with Crippen LogP contribution in [0.4, 0.5) is 0 Å². The van der Waals surface area contributed by atoms with E-state index >= 15 is 0 Å². The molecule has 0 saturated heterocycles. The Morgan fingerprint density at radius 2 is 2.09 bits per heavy atom. The van der Waals surface area contributed by atoms with Gasteiger partial charge in [0, 0.05) is 0 Å². The highest BCUT2D eigenvalue weighted by Gasteiger charge is 1.83. The van der Waals surface area contributed by atoms with Crippen LogP contribution in [0.15, 0.2) is 12.2 Å². The standard InChI is InChI=1S/C9H17NO/c1-2-3-4-5-6-7-8-9-10-11/h7-10H,2-6H2,1H3. The zero-order chi connectivity index (χ0) is 8.36. The maximum absolute atomic E-state index is 9.71. The van der Waals surface area contributed by atoms with Gasteiger partial charge in [-0.3, -0.25) is 0 Å². The van der Waals surface area contributed by atoms with Gasteiger partial charge in [-0.15, -0.1) is 0 Å². The smallest absolute Gasteiger partial charge is 0.172 e. The summed E-state index contributed by atoms with van der Waals surface area (Å²) < 4.78 is 0. The molecule has 2 nitrogen and oxygen atoms in total. The highest BCUT2D eigenvalue weighted by molar-refractivity contribution is 5.64. The molecule has 0 spiro atoms. The van der Waals surface area contributed by atoms with Crippen molar-refractivity contribution in [3.8, 4) is 0 Å². The van der Waals surface area contributed by atoms with Gasteiger partial charge in [-0.2, -0.15) is 0 Å². The summed E-state index contributed by atoms with van der Waals surface area (Å²) >= 11 is 0. The largest absolute Gasteiger partial charge is 0.625 e. The summed E-state index contributed by atoms with van der Waals surface area (Å²) in [6.45, 7) is 2.20. The molecule has 64 valence electrons. The Kier molecular flexibility index (Phi) is 8.55. The lowest BCUT2D eigenvalue weighted by molar-refractivity contribution is -0.366. The first-order valence-corrected chi connectivity index (χ1v) is 4.27. The molecular weight excluding hydrogens is 138 g/mol. The Morgan fingerprint density at radius 3 is 2.73 bits per heavy atom. The molecule has 11 heavy (non-hydrogen) atoms. The first-order chi connectivity index (χ1) is 5.41. The zero-order valence-electron chi connectivity index (χ0n) is 7.18. The van der Waals surface area contributed by atoms with Crippen LogP contribution in [0.5, 0.6) is 0 Å². The fourth-order valence-electron chi connectivity index (χ4n) is 0.893. The van der Waals surface area contributed by atoms with Gasteiger partial charge in [0.2, 0.25) is 0 Å². The molecule has 0 atom stereocenters. The number of rotatable bonds is 6. The molecule has 0 bridgehead atoms. The van der Waals surface area contributed by atoms with Gasteiger partial charge in [0.15, 0.2) is 6.21 Å². The van der Waals surface area contributed by atoms with Gasteiger partial charge in [-0.25, -0.2) is 5.16 Å². The molecule has 1 N–H and O–H groups in total. The maximum atomic E-state index is 9.71. The van der Waals surface area contributed by atoms with Crippen molar-refractivity contribution in [1.29, 1.82) is 0 Å². The average molecular weight is 155 g/mol. The van der Waals surface area contributed by atoms with Crippen molar-refractivity contribution in [1.82, 2.24) is 0 Å². The number of hydrogen-bond acceptors (Lipinski definition) is 1. The average Bonchev–Trinajstić information content (AvgIpc) is 2.03. The van der Waals surface area contributed by atoms with Crippen LogP contribution in [0.2, 0.25) is 0 Å². The second-order valence-corrected chi connectivity index (χ2v) is 2.56. The van der Waals surface area contributed by atoms with E-state index in [9.17, 15) is 5.21 Å². The lowest BCUT2D eigenvalue weighted by atomic mass is 10.1. The van der Waals surface area contributed by atoms with E-state index < -0.39 is 0 Å². The van der Waals surface area contributed by atoms with E-state index in [0.29, 0.717) is 0 Å². The molecule has 0 amide bonds. The van der Waals surface area contributed by atoms with E-state index in [2.05, 4.69) is 6.92 Å². The summed E-state index contributed by atoms with van der Waals surface area (Å²) in [6, 6.07) is 0. The highest BCUT2D eigenvalue weighted by Crippen LogP contribution is 2.02. The molecule has 0 aromatic rings. The number of hydrogen-bond donors (Lipinski definition) is 1. The van der Waals surface area contributed by atoms with Gasteiger partial charge in [0.05, 0.1) is 0 Å². The minimum absolute atomic E-state index is 1.08. The Bertz CT molecular complexity index is 119. The van der Waals surface area contributed by atoms with Crippen molar-refractivity contribution in [2.45, 2.75) is 39.0 Å². The van der Waals surface area contributed by atoms with Gasteiger partial charge in [0.1, 0.15) is 0 Å². The summed E-state index contributed by atoms with van der Waals surface area (Å²) in [6.07, 6.45) is 11.4. The van der Waals surface area contributed by atoms with Crippen molar-refractivity contribution in [2.75, 3.05) is 0 Å². The van der Waals surface area contributed by atoms with E-state index in [-0.39, 0.29) is 0 Å². The quantitative estimate of drug-likeness (QED) is 0.266. The van der Waals surface area contributed by atoms with Gasteiger partial charge in [0.25, 0.3) is 0 Å². The monoisotopic (exact) mass is 155 g/mol. The molecule has 0 aromatic heterocycles. The lowest BCUT2D eigenvalue weighted by Crippen LogP contribution is -2.59. The molecule has 0 aromatic carbocycles. The number of nitrogens with one attached hydrogen (secondary N) is 1. The SMILES string of the molecule is CCCCCCC=CC=[NH+][O-]. The second kappa shape index (κ2) is 9.21. The first-order valence-electron chi connectivity index (χ1n) is 4.27. The van der Waals surface area contributed by atoms with Crippen LogP contribution in [0.1, 0.15) is 39.0 Å². The maximum Gasteiger partial charge on any atom is 0.172 e. The van der Waals surface area contributed by atoms with E-state index in [1.165, 1.54) is 31.9 Å². The van der Waals surface area contributed by atoms with Crippen LogP contribution >= 0.6 is 0 Å². The van der Waals surface area contributed by atoms with Gasteiger partial charge >= 0.3 is 0 Å². The third-order valence-electron chi connectivity index (χ3n) is 1.52. The summed E-state index contributed by atoms with van der Waals surface area (Å²) in [5.41, 5.74) is 0. The van der Waals surface area contributed by atoms with Crippen LogP contribution in [-0.4, -0.2) is 6.21 Å². The molecule has 0 heterocycles. The second-order valence-electron chi connectivity index (χ2n) is 2.56. The van der Waals surface area contributed by atoms with Crippen LogP contribution < -0.4 is 5.16 Å². The molecule has 2 heteroatoms. The first kappa shape index (κ1) is 10.2. The van der Waals surface area contributed by atoms with E-state index in [4.69, 9.17) is 0 Å². The lowest BCUT2D eigenvalue weighted by Gasteiger charge is -1.92. The predicted octanol–water partition coefficient (Wildman–Crippen LogP) is 1.16. The molecule has 0 rings (SSSR count). The van der Waals surface area contributed by atoms with Crippen molar-refractivity contribution in [2.24, 2.45) is 0 Å². The van der Waals surface area contributed by atoms with Crippen molar-refractivity contribution in [3.05, 3.63) is 17.4 Å². The number of allylic oxidation sites excluding steroid dienone is 2. The Labute approximate surface area is 68.6 Å². The van der Waals surface area contributed by atoms with Gasteiger partial charge in [-0.05, 0) is 18.9 Å². The fraction of sp³-hybridized carbons (Fsp3) is 0.667. The summed E-state index contributed by atoms with van der Waals surface area (Å²) in [5, 5.41) is 11.4. The molecule has 0 aliphatic carbocycles. The van der Waals surface area contributed by atoms with E-state index in [1.807, 2.05) is 6.08 Å². The Balaban J connectivity index is 3.01. The molecule has 0 radical (unpaired) electrons. The van der Waals surface area contributed by atoms with Gasteiger partial charge in [-0.1, -0.05) is 32.3 Å². The third-order valence-corrected chi connectivity index (χ3v) is 1.52. The van der Waals surface area contributed by atoms with Gasteiger partial charge < -0.3 is 5.21 Å². The minimum Gasteiger partial charge on any atom is -0.625 e.